The number of amides is 2. The Morgan fingerprint density at radius 2 is 2.15 bits per heavy atom. The van der Waals surface area contributed by atoms with E-state index >= 15 is 0 Å². The molecule has 1 heterocycles. The molecule has 0 bridgehead atoms. The average Bonchev–Trinajstić information content (AvgIpc) is 3.06. The Morgan fingerprint density at radius 1 is 1.31 bits per heavy atom. The Bertz CT molecular complexity index is 823. The van der Waals surface area contributed by atoms with E-state index in [1.807, 2.05) is 6.92 Å². The molecule has 0 saturated heterocycles. The van der Waals surface area contributed by atoms with Crippen molar-refractivity contribution in [2.24, 2.45) is 0 Å². The summed E-state index contributed by atoms with van der Waals surface area (Å²) in [7, 11) is 0. The second-order valence-corrected chi connectivity index (χ2v) is 6.09. The first-order valence-electron chi connectivity index (χ1n) is 8.15. The predicted molar refractivity (Wildman–Crippen MR) is 100 cm³/mol. The molecule has 136 valence electrons. The van der Waals surface area contributed by atoms with Gasteiger partial charge in [-0.25, -0.2) is 0 Å². The van der Waals surface area contributed by atoms with Gasteiger partial charge in [0, 0.05) is 18.7 Å². The Balaban J connectivity index is 1.76. The van der Waals surface area contributed by atoms with E-state index < -0.39 is 0 Å². The maximum Gasteiger partial charge on any atom is 0.265 e. The largest absolute Gasteiger partial charge is 0.481 e. The molecule has 2 amide bonds. The highest BCUT2D eigenvalue weighted by Crippen LogP contribution is 2.17. The number of nitrogens with one attached hydrogen (secondary N) is 2. The molecule has 0 saturated carbocycles. The van der Waals surface area contributed by atoms with Crippen LogP contribution in [-0.4, -0.2) is 34.6 Å². The molecular formula is C18H20N4O3S. The van der Waals surface area contributed by atoms with Gasteiger partial charge < -0.3 is 15.4 Å². The third-order valence-corrected chi connectivity index (χ3v) is 3.94. The van der Waals surface area contributed by atoms with E-state index in [0.717, 1.165) is 30.1 Å². The van der Waals surface area contributed by atoms with E-state index in [4.69, 9.17) is 4.74 Å². The van der Waals surface area contributed by atoms with Gasteiger partial charge in [0.2, 0.25) is 5.91 Å². The van der Waals surface area contributed by atoms with Gasteiger partial charge >= 0.3 is 0 Å². The number of aryl methyl sites for hydroxylation is 1. The number of ether oxygens (including phenoxy) is 1. The zero-order valence-corrected chi connectivity index (χ0v) is 15.5. The minimum Gasteiger partial charge on any atom is -0.481 e. The molecule has 0 unspecified atom stereocenters. The van der Waals surface area contributed by atoms with Gasteiger partial charge in [0.05, 0.1) is 12.2 Å². The number of hydrogen-bond acceptors (Lipinski definition) is 6. The molecule has 26 heavy (non-hydrogen) atoms. The summed E-state index contributed by atoms with van der Waals surface area (Å²) in [4.78, 5) is 23.6. The summed E-state index contributed by atoms with van der Waals surface area (Å²) in [5.74, 6) is 5.92. The molecule has 1 aromatic carbocycles. The van der Waals surface area contributed by atoms with Crippen molar-refractivity contribution in [3.05, 3.63) is 34.8 Å². The van der Waals surface area contributed by atoms with E-state index in [9.17, 15) is 9.59 Å². The first-order valence-corrected chi connectivity index (χ1v) is 8.93. The van der Waals surface area contributed by atoms with Gasteiger partial charge in [-0.3, -0.25) is 9.59 Å². The van der Waals surface area contributed by atoms with Crippen LogP contribution >= 0.6 is 11.5 Å². The second-order valence-electron chi connectivity index (χ2n) is 5.33. The highest BCUT2D eigenvalue weighted by molar-refractivity contribution is 7.08. The lowest BCUT2D eigenvalue weighted by Gasteiger charge is -2.05. The Hall–Kier alpha value is -2.92. The predicted octanol–water partition coefficient (Wildman–Crippen LogP) is 2.26. The smallest absolute Gasteiger partial charge is 0.265 e. The van der Waals surface area contributed by atoms with E-state index in [1.165, 1.54) is 6.92 Å². The molecule has 0 aliphatic carbocycles. The van der Waals surface area contributed by atoms with Crippen LogP contribution in [0.3, 0.4) is 0 Å². The van der Waals surface area contributed by atoms with Crippen LogP contribution in [0.15, 0.2) is 24.3 Å². The van der Waals surface area contributed by atoms with Gasteiger partial charge in [-0.2, -0.15) is 0 Å². The maximum absolute atomic E-state index is 12.1. The molecule has 0 radical (unpaired) electrons. The molecule has 0 spiro atoms. The molecule has 1 aromatic heterocycles. The average molecular weight is 372 g/mol. The second kappa shape index (κ2) is 10.2. The molecule has 2 rings (SSSR count). The molecule has 0 fully saturated rings. The van der Waals surface area contributed by atoms with Crippen LogP contribution in [0, 0.1) is 11.8 Å². The zero-order chi connectivity index (χ0) is 18.8. The first-order chi connectivity index (χ1) is 12.6. The van der Waals surface area contributed by atoms with E-state index in [1.54, 1.807) is 24.3 Å². The molecule has 8 heteroatoms. The lowest BCUT2D eigenvalue weighted by molar-refractivity contribution is -0.114. The van der Waals surface area contributed by atoms with Crippen molar-refractivity contribution in [3.8, 4) is 17.6 Å². The Morgan fingerprint density at radius 3 is 2.92 bits per heavy atom. The molecule has 0 aliphatic heterocycles. The van der Waals surface area contributed by atoms with Crippen molar-refractivity contribution in [1.29, 1.82) is 0 Å². The van der Waals surface area contributed by atoms with Crippen molar-refractivity contribution < 1.29 is 14.3 Å². The van der Waals surface area contributed by atoms with Gasteiger partial charge in [-0.15, -0.1) is 5.10 Å². The van der Waals surface area contributed by atoms with Gasteiger partial charge in [-0.05, 0) is 30.1 Å². The van der Waals surface area contributed by atoms with E-state index in [-0.39, 0.29) is 25.0 Å². The Labute approximate surface area is 156 Å². The first kappa shape index (κ1) is 19.4. The van der Waals surface area contributed by atoms with Crippen molar-refractivity contribution in [3.63, 3.8) is 0 Å². The number of hydrogen-bond donors (Lipinski definition) is 2. The number of carbonyl (C=O) groups excluding carboxylic acids is 2. The van der Waals surface area contributed by atoms with Gasteiger partial charge in [0.15, 0.2) is 0 Å². The van der Waals surface area contributed by atoms with Gasteiger partial charge in [0.1, 0.15) is 17.2 Å². The van der Waals surface area contributed by atoms with Crippen LogP contribution in [0.25, 0.3) is 0 Å². The number of anilines is 1. The minimum atomic E-state index is -0.207. The lowest BCUT2D eigenvalue weighted by atomic mass is 10.2. The van der Waals surface area contributed by atoms with Gasteiger partial charge in [-0.1, -0.05) is 35.7 Å². The summed E-state index contributed by atoms with van der Waals surface area (Å²) in [5.41, 5.74) is 1.39. The number of benzene rings is 1. The number of carbonyl (C=O) groups is 2. The van der Waals surface area contributed by atoms with Crippen LogP contribution in [-0.2, 0) is 11.2 Å². The fourth-order valence-corrected chi connectivity index (χ4v) is 2.71. The number of aromatic nitrogens is 2. The summed E-state index contributed by atoms with van der Waals surface area (Å²) in [6.45, 7) is 3.87. The molecule has 0 atom stereocenters. The summed E-state index contributed by atoms with van der Waals surface area (Å²) in [6, 6.07) is 7.06. The topological polar surface area (TPSA) is 93.2 Å². The van der Waals surface area contributed by atoms with Crippen LogP contribution in [0.1, 0.15) is 35.6 Å². The minimum absolute atomic E-state index is 0.143. The maximum atomic E-state index is 12.1. The SMILES string of the molecule is CCCc1nnsc1C(=O)NCC#CCOc1cccc(NC(C)=O)c1. The molecular weight excluding hydrogens is 352 g/mol. The van der Waals surface area contributed by atoms with Crippen LogP contribution in [0.5, 0.6) is 5.75 Å². The molecule has 2 N–H and O–H groups in total. The third-order valence-electron chi connectivity index (χ3n) is 3.18. The fourth-order valence-electron chi connectivity index (χ4n) is 2.09. The number of rotatable bonds is 7. The number of nitrogens with zero attached hydrogens (tertiary/aromatic N) is 2. The van der Waals surface area contributed by atoms with E-state index in [2.05, 4.69) is 32.1 Å². The summed E-state index contributed by atoms with van der Waals surface area (Å²) < 4.78 is 9.33. The lowest BCUT2D eigenvalue weighted by Crippen LogP contribution is -2.23. The summed E-state index contributed by atoms with van der Waals surface area (Å²) in [5, 5.41) is 9.38. The van der Waals surface area contributed by atoms with Gasteiger partial charge in [0.25, 0.3) is 5.91 Å². The molecule has 7 nitrogen and oxygen atoms in total. The highest BCUT2D eigenvalue weighted by Gasteiger charge is 2.14. The quantitative estimate of drug-likeness (QED) is 0.727. The highest BCUT2D eigenvalue weighted by atomic mass is 32.1. The van der Waals surface area contributed by atoms with Crippen molar-refractivity contribution in [2.45, 2.75) is 26.7 Å². The van der Waals surface area contributed by atoms with Crippen LogP contribution in [0.2, 0.25) is 0 Å². The summed E-state index contributed by atoms with van der Waals surface area (Å²) >= 11 is 1.09. The van der Waals surface area contributed by atoms with Crippen molar-refractivity contribution in [1.82, 2.24) is 14.9 Å². The molecule has 2 aromatic rings. The van der Waals surface area contributed by atoms with Crippen molar-refractivity contribution in [2.75, 3.05) is 18.5 Å². The van der Waals surface area contributed by atoms with E-state index in [0.29, 0.717) is 16.3 Å². The monoisotopic (exact) mass is 372 g/mol. The standard InChI is InChI=1S/C18H20N4O3S/c1-3-7-16-17(26-22-21-16)18(24)19-10-4-5-11-25-15-9-6-8-14(12-15)20-13(2)23/h6,8-9,12H,3,7,10-11H2,1-2H3,(H,19,24)(H,20,23). The normalized spacial score (nSPS) is 9.77. The zero-order valence-electron chi connectivity index (χ0n) is 14.7. The summed E-state index contributed by atoms with van der Waals surface area (Å²) in [6.07, 6.45) is 1.64. The van der Waals surface area contributed by atoms with Crippen LogP contribution in [0.4, 0.5) is 5.69 Å². The van der Waals surface area contributed by atoms with Crippen molar-refractivity contribution >= 4 is 29.0 Å². The Kier molecular flexibility index (Phi) is 7.58. The van der Waals surface area contributed by atoms with Crippen LogP contribution < -0.4 is 15.4 Å². The fraction of sp³-hybridized carbons (Fsp3) is 0.333. The third kappa shape index (κ3) is 6.18. The molecule has 0 aliphatic rings.